The predicted molar refractivity (Wildman–Crippen MR) is 103 cm³/mol. The SMILES string of the molecule is COc1c(-c2ccccc2F)ccc(-c2ccnn2-c2ccccc2)c1O. The molecule has 3 aromatic carbocycles. The van der Waals surface area contributed by atoms with Gasteiger partial charge < -0.3 is 9.84 Å². The lowest BCUT2D eigenvalue weighted by molar-refractivity contribution is 0.375. The number of hydrogen-bond acceptors (Lipinski definition) is 3. The molecule has 4 nitrogen and oxygen atoms in total. The summed E-state index contributed by atoms with van der Waals surface area (Å²) in [4.78, 5) is 0. The number of halogens is 1. The number of benzene rings is 3. The average molecular weight is 360 g/mol. The Labute approximate surface area is 156 Å². The van der Waals surface area contributed by atoms with E-state index in [2.05, 4.69) is 5.10 Å². The highest BCUT2D eigenvalue weighted by Gasteiger charge is 2.20. The summed E-state index contributed by atoms with van der Waals surface area (Å²) in [5.41, 5.74) is 2.98. The van der Waals surface area contributed by atoms with Crippen LogP contribution in [-0.2, 0) is 0 Å². The lowest BCUT2D eigenvalue weighted by Crippen LogP contribution is -1.99. The van der Waals surface area contributed by atoms with E-state index in [0.717, 1.165) is 5.69 Å². The number of phenols is 1. The summed E-state index contributed by atoms with van der Waals surface area (Å²) < 4.78 is 21.4. The van der Waals surface area contributed by atoms with E-state index in [4.69, 9.17) is 4.74 Å². The summed E-state index contributed by atoms with van der Waals surface area (Å²) in [6.07, 6.45) is 1.67. The second kappa shape index (κ2) is 6.96. The summed E-state index contributed by atoms with van der Waals surface area (Å²) in [5, 5.41) is 15.2. The Balaban J connectivity index is 1.88. The smallest absolute Gasteiger partial charge is 0.169 e. The number of aromatic nitrogens is 2. The predicted octanol–water partition coefficient (Wildman–Crippen LogP) is 5.06. The van der Waals surface area contributed by atoms with Crippen LogP contribution in [-0.4, -0.2) is 22.0 Å². The Morgan fingerprint density at radius 1 is 0.852 bits per heavy atom. The molecule has 4 rings (SSSR count). The first-order valence-electron chi connectivity index (χ1n) is 8.45. The first kappa shape index (κ1) is 16.8. The molecule has 0 fully saturated rings. The van der Waals surface area contributed by atoms with Gasteiger partial charge >= 0.3 is 0 Å². The number of para-hydroxylation sites is 1. The maximum Gasteiger partial charge on any atom is 0.169 e. The highest BCUT2D eigenvalue weighted by Crippen LogP contribution is 2.44. The van der Waals surface area contributed by atoms with Crippen molar-refractivity contribution in [1.82, 2.24) is 9.78 Å². The first-order chi connectivity index (χ1) is 13.2. The Kier molecular flexibility index (Phi) is 4.34. The van der Waals surface area contributed by atoms with Gasteiger partial charge in [-0.3, -0.25) is 0 Å². The number of rotatable bonds is 4. The first-order valence-corrected chi connectivity index (χ1v) is 8.45. The van der Waals surface area contributed by atoms with Crippen LogP contribution in [0.1, 0.15) is 0 Å². The van der Waals surface area contributed by atoms with Gasteiger partial charge in [-0.05, 0) is 36.4 Å². The second-order valence-electron chi connectivity index (χ2n) is 5.99. The van der Waals surface area contributed by atoms with E-state index in [1.165, 1.54) is 13.2 Å². The molecule has 0 atom stereocenters. The molecule has 1 aromatic heterocycles. The van der Waals surface area contributed by atoms with Crippen molar-refractivity contribution < 1.29 is 14.2 Å². The minimum Gasteiger partial charge on any atom is -0.504 e. The van der Waals surface area contributed by atoms with E-state index in [1.54, 1.807) is 41.2 Å². The number of nitrogens with zero attached hydrogens (tertiary/aromatic N) is 2. The van der Waals surface area contributed by atoms with Gasteiger partial charge in [-0.2, -0.15) is 5.10 Å². The van der Waals surface area contributed by atoms with E-state index in [0.29, 0.717) is 22.4 Å². The summed E-state index contributed by atoms with van der Waals surface area (Å²) in [5.74, 6) is -0.216. The topological polar surface area (TPSA) is 47.3 Å². The maximum absolute atomic E-state index is 14.2. The second-order valence-corrected chi connectivity index (χ2v) is 5.99. The van der Waals surface area contributed by atoms with Crippen LogP contribution >= 0.6 is 0 Å². The largest absolute Gasteiger partial charge is 0.504 e. The molecule has 4 aromatic rings. The molecular weight excluding hydrogens is 343 g/mol. The molecule has 27 heavy (non-hydrogen) atoms. The quantitative estimate of drug-likeness (QED) is 0.553. The molecule has 0 aliphatic heterocycles. The van der Waals surface area contributed by atoms with Crippen molar-refractivity contribution in [2.45, 2.75) is 0 Å². The zero-order valence-electron chi connectivity index (χ0n) is 14.6. The van der Waals surface area contributed by atoms with Crippen molar-refractivity contribution >= 4 is 0 Å². The Bertz CT molecular complexity index is 1090. The molecule has 1 N–H and O–H groups in total. The van der Waals surface area contributed by atoms with Crippen LogP contribution in [0, 0.1) is 5.82 Å². The molecule has 0 saturated heterocycles. The Morgan fingerprint density at radius 3 is 2.30 bits per heavy atom. The third kappa shape index (κ3) is 2.93. The van der Waals surface area contributed by atoms with Crippen LogP contribution in [0.15, 0.2) is 79.0 Å². The highest BCUT2D eigenvalue weighted by atomic mass is 19.1. The van der Waals surface area contributed by atoms with Crippen molar-refractivity contribution in [1.29, 1.82) is 0 Å². The fraction of sp³-hybridized carbons (Fsp3) is 0.0455. The average Bonchev–Trinajstić information content (AvgIpc) is 3.18. The molecule has 0 amide bonds. The van der Waals surface area contributed by atoms with Gasteiger partial charge in [0.2, 0.25) is 0 Å². The molecule has 0 unspecified atom stereocenters. The number of ether oxygens (including phenoxy) is 1. The van der Waals surface area contributed by atoms with Crippen LogP contribution in [0.5, 0.6) is 11.5 Å². The van der Waals surface area contributed by atoms with Crippen molar-refractivity contribution in [2.75, 3.05) is 7.11 Å². The molecular formula is C22H17FN2O2. The summed E-state index contributed by atoms with van der Waals surface area (Å²) in [7, 11) is 1.46. The van der Waals surface area contributed by atoms with Crippen LogP contribution in [0.25, 0.3) is 28.1 Å². The number of aromatic hydroxyl groups is 1. The summed E-state index contributed by atoms with van der Waals surface area (Å²) in [6.45, 7) is 0. The Hall–Kier alpha value is -3.60. The van der Waals surface area contributed by atoms with E-state index in [1.807, 2.05) is 36.4 Å². The van der Waals surface area contributed by atoms with Crippen LogP contribution < -0.4 is 4.74 Å². The van der Waals surface area contributed by atoms with Crippen LogP contribution in [0.4, 0.5) is 4.39 Å². The zero-order valence-corrected chi connectivity index (χ0v) is 14.6. The molecule has 134 valence electrons. The van der Waals surface area contributed by atoms with Gasteiger partial charge in [-0.1, -0.05) is 36.4 Å². The number of hydrogen-bond donors (Lipinski definition) is 1. The minimum absolute atomic E-state index is 0.0593. The highest BCUT2D eigenvalue weighted by molar-refractivity contribution is 5.82. The third-order valence-corrected chi connectivity index (χ3v) is 4.42. The monoisotopic (exact) mass is 360 g/mol. The molecule has 0 radical (unpaired) electrons. The number of methoxy groups -OCH3 is 1. The zero-order chi connectivity index (χ0) is 18.8. The van der Waals surface area contributed by atoms with Crippen molar-refractivity contribution in [3.63, 3.8) is 0 Å². The maximum atomic E-state index is 14.2. The van der Waals surface area contributed by atoms with E-state index >= 15 is 0 Å². The van der Waals surface area contributed by atoms with Gasteiger partial charge in [0.1, 0.15) is 5.82 Å². The number of phenolic OH excluding ortho intramolecular Hbond substituents is 1. The van der Waals surface area contributed by atoms with Crippen LogP contribution in [0.3, 0.4) is 0 Å². The van der Waals surface area contributed by atoms with Crippen molar-refractivity contribution in [3.05, 3.63) is 84.8 Å². The fourth-order valence-corrected chi connectivity index (χ4v) is 3.16. The van der Waals surface area contributed by atoms with Gasteiger partial charge in [0, 0.05) is 16.7 Å². The van der Waals surface area contributed by atoms with Gasteiger partial charge in [-0.25, -0.2) is 9.07 Å². The van der Waals surface area contributed by atoms with E-state index in [-0.39, 0.29) is 17.3 Å². The van der Waals surface area contributed by atoms with Crippen LogP contribution in [0.2, 0.25) is 0 Å². The fourth-order valence-electron chi connectivity index (χ4n) is 3.16. The van der Waals surface area contributed by atoms with Gasteiger partial charge in [-0.15, -0.1) is 0 Å². The minimum atomic E-state index is -0.378. The normalized spacial score (nSPS) is 10.7. The van der Waals surface area contributed by atoms with Gasteiger partial charge in [0.15, 0.2) is 11.5 Å². The van der Waals surface area contributed by atoms with Crippen molar-refractivity contribution in [3.8, 4) is 39.6 Å². The molecule has 5 heteroatoms. The lowest BCUT2D eigenvalue weighted by Gasteiger charge is -2.15. The molecule has 0 bridgehead atoms. The molecule has 0 saturated carbocycles. The Morgan fingerprint density at radius 2 is 1.56 bits per heavy atom. The summed E-state index contributed by atoms with van der Waals surface area (Å²) >= 11 is 0. The molecule has 0 aliphatic carbocycles. The standard InChI is InChI=1S/C22H17FN2O2/c1-27-22-17(16-9-5-6-10-19(16)23)11-12-18(21(22)26)20-13-14-24-25(20)15-7-3-2-4-8-15/h2-14,26H,1H3. The molecule has 0 aliphatic rings. The summed E-state index contributed by atoms with van der Waals surface area (Å²) in [6, 6.07) is 21.3. The molecule has 0 spiro atoms. The van der Waals surface area contributed by atoms with E-state index in [9.17, 15) is 9.50 Å². The lowest BCUT2D eigenvalue weighted by atomic mass is 9.99. The van der Waals surface area contributed by atoms with Gasteiger partial charge in [0.05, 0.1) is 24.7 Å². The third-order valence-electron chi connectivity index (χ3n) is 4.42. The van der Waals surface area contributed by atoms with E-state index < -0.39 is 0 Å². The van der Waals surface area contributed by atoms with Crippen molar-refractivity contribution in [2.24, 2.45) is 0 Å². The van der Waals surface area contributed by atoms with Gasteiger partial charge in [0.25, 0.3) is 0 Å². The molecule has 1 heterocycles.